The van der Waals surface area contributed by atoms with Crippen molar-refractivity contribution < 1.29 is 5.11 Å². The number of nitrogens with zero attached hydrogens (tertiary/aromatic N) is 4. The van der Waals surface area contributed by atoms with Crippen molar-refractivity contribution in [1.29, 1.82) is 0 Å². The van der Waals surface area contributed by atoms with Crippen molar-refractivity contribution in [2.24, 2.45) is 0 Å². The van der Waals surface area contributed by atoms with Gasteiger partial charge in [-0.05, 0) is 36.8 Å². The van der Waals surface area contributed by atoms with Gasteiger partial charge >= 0.3 is 0 Å². The Kier molecular flexibility index (Phi) is 4.42. The van der Waals surface area contributed by atoms with Crippen molar-refractivity contribution in [3.8, 4) is 5.75 Å². The predicted octanol–water partition coefficient (Wildman–Crippen LogP) is 4.26. The maximum atomic E-state index is 11.1. The minimum atomic E-state index is -0.250. The summed E-state index contributed by atoms with van der Waals surface area (Å²) in [7, 11) is 1.97. The zero-order chi connectivity index (χ0) is 18.8. The Morgan fingerprint density at radius 3 is 2.56 bits per heavy atom. The van der Waals surface area contributed by atoms with Crippen molar-refractivity contribution in [2.75, 3.05) is 11.9 Å². The minimum Gasteiger partial charge on any atom is -0.505 e. The first-order valence-corrected chi connectivity index (χ1v) is 8.78. The van der Waals surface area contributed by atoms with Gasteiger partial charge in [-0.25, -0.2) is 9.97 Å². The fraction of sp³-hybridized carbons (Fsp3) is 0.136. The van der Waals surface area contributed by atoms with Gasteiger partial charge in [0, 0.05) is 42.3 Å². The number of aromatic hydroxyl groups is 1. The van der Waals surface area contributed by atoms with Gasteiger partial charge in [0.25, 0.3) is 0 Å². The molecule has 134 valence electrons. The fourth-order valence-corrected chi connectivity index (χ4v) is 3.35. The topological polar surface area (TPSA) is 62.1 Å². The summed E-state index contributed by atoms with van der Waals surface area (Å²) in [6.07, 6.45) is 5.32. The lowest BCUT2D eigenvalue weighted by atomic mass is 9.96. The Morgan fingerprint density at radius 1 is 0.963 bits per heavy atom. The van der Waals surface area contributed by atoms with Crippen LogP contribution in [0.15, 0.2) is 73.2 Å². The lowest BCUT2D eigenvalue weighted by molar-refractivity contribution is 0.469. The Bertz CT molecular complexity index is 1070. The van der Waals surface area contributed by atoms with Crippen LogP contribution in [0, 0.1) is 6.92 Å². The zero-order valence-electron chi connectivity index (χ0n) is 15.2. The molecule has 3 heterocycles. The van der Waals surface area contributed by atoms with Crippen molar-refractivity contribution in [1.82, 2.24) is 15.0 Å². The number of benzene rings is 1. The first kappa shape index (κ1) is 17.0. The maximum Gasteiger partial charge on any atom is 0.147 e. The molecule has 0 saturated carbocycles. The van der Waals surface area contributed by atoms with Gasteiger partial charge in [-0.15, -0.1) is 0 Å². The highest BCUT2D eigenvalue weighted by Crippen LogP contribution is 2.38. The molecule has 0 radical (unpaired) electrons. The molecule has 1 unspecified atom stereocenters. The standard InChI is InChI=1S/C22H20N4O/c1-15-8-9-16-10-11-18(22(27)20(16)25-15)21(17-6-5-12-23-14-17)26(2)19-7-3-4-13-24-19/h3-14,21,27H,1-2H3. The molecule has 0 fully saturated rings. The summed E-state index contributed by atoms with van der Waals surface area (Å²) in [5.41, 5.74) is 3.21. The number of hydrogen-bond donors (Lipinski definition) is 1. The van der Waals surface area contributed by atoms with Crippen LogP contribution in [-0.2, 0) is 0 Å². The average molecular weight is 356 g/mol. The number of rotatable bonds is 4. The number of aryl methyl sites for hydroxylation is 1. The van der Waals surface area contributed by atoms with Crippen molar-refractivity contribution in [3.63, 3.8) is 0 Å². The van der Waals surface area contributed by atoms with Crippen LogP contribution >= 0.6 is 0 Å². The second kappa shape index (κ2) is 7.03. The van der Waals surface area contributed by atoms with Crippen LogP contribution in [0.4, 0.5) is 5.82 Å². The van der Waals surface area contributed by atoms with Gasteiger partial charge in [0.15, 0.2) is 0 Å². The third-order valence-corrected chi connectivity index (χ3v) is 4.70. The first-order valence-electron chi connectivity index (χ1n) is 8.78. The lowest BCUT2D eigenvalue weighted by Crippen LogP contribution is -2.26. The molecular weight excluding hydrogens is 336 g/mol. The molecule has 1 aromatic carbocycles. The number of hydrogen-bond acceptors (Lipinski definition) is 5. The molecule has 27 heavy (non-hydrogen) atoms. The predicted molar refractivity (Wildman–Crippen MR) is 107 cm³/mol. The van der Waals surface area contributed by atoms with Gasteiger partial charge in [0.05, 0.1) is 6.04 Å². The van der Waals surface area contributed by atoms with Crippen LogP contribution in [0.5, 0.6) is 5.75 Å². The van der Waals surface area contributed by atoms with E-state index in [2.05, 4.69) is 15.0 Å². The Labute approximate surface area is 158 Å². The summed E-state index contributed by atoms with van der Waals surface area (Å²) in [5.74, 6) is 0.996. The van der Waals surface area contributed by atoms with E-state index in [9.17, 15) is 5.11 Å². The molecule has 0 amide bonds. The largest absolute Gasteiger partial charge is 0.505 e. The van der Waals surface area contributed by atoms with Crippen LogP contribution in [0.3, 0.4) is 0 Å². The molecule has 0 aliphatic rings. The second-order valence-electron chi connectivity index (χ2n) is 6.52. The number of phenols is 1. The molecule has 0 aliphatic carbocycles. The van der Waals surface area contributed by atoms with Crippen LogP contribution in [0.2, 0.25) is 0 Å². The minimum absolute atomic E-state index is 0.188. The number of aromatic nitrogens is 3. The van der Waals surface area contributed by atoms with E-state index in [-0.39, 0.29) is 11.8 Å². The van der Waals surface area contributed by atoms with E-state index in [4.69, 9.17) is 0 Å². The van der Waals surface area contributed by atoms with Gasteiger partial charge < -0.3 is 10.0 Å². The molecule has 0 bridgehead atoms. The molecule has 4 rings (SSSR count). The highest BCUT2D eigenvalue weighted by atomic mass is 16.3. The summed E-state index contributed by atoms with van der Waals surface area (Å²) < 4.78 is 0. The summed E-state index contributed by atoms with van der Waals surface area (Å²) in [6.45, 7) is 1.92. The number of pyridine rings is 3. The number of anilines is 1. The van der Waals surface area contributed by atoms with Gasteiger partial charge in [-0.3, -0.25) is 4.98 Å². The van der Waals surface area contributed by atoms with E-state index >= 15 is 0 Å². The monoisotopic (exact) mass is 356 g/mol. The van der Waals surface area contributed by atoms with Crippen LogP contribution in [0.1, 0.15) is 22.9 Å². The van der Waals surface area contributed by atoms with Gasteiger partial charge in [0.1, 0.15) is 17.1 Å². The van der Waals surface area contributed by atoms with Crippen molar-refractivity contribution in [2.45, 2.75) is 13.0 Å². The highest BCUT2D eigenvalue weighted by molar-refractivity contribution is 5.86. The normalized spacial score (nSPS) is 12.1. The van der Waals surface area contributed by atoms with Crippen LogP contribution < -0.4 is 4.90 Å². The summed E-state index contributed by atoms with van der Waals surface area (Å²) in [6, 6.07) is 17.3. The van der Waals surface area contributed by atoms with Gasteiger partial charge in [0.2, 0.25) is 0 Å². The second-order valence-corrected chi connectivity index (χ2v) is 6.52. The first-order chi connectivity index (χ1) is 13.1. The molecular formula is C22H20N4O. The van der Waals surface area contributed by atoms with Crippen molar-refractivity contribution in [3.05, 3.63) is 90.0 Å². The van der Waals surface area contributed by atoms with E-state index in [1.807, 2.05) is 79.7 Å². The van der Waals surface area contributed by atoms with E-state index in [1.165, 1.54) is 0 Å². The SMILES string of the molecule is Cc1ccc2ccc(C(c3cccnc3)N(C)c3ccccn3)c(O)c2n1. The van der Waals surface area contributed by atoms with Crippen molar-refractivity contribution >= 4 is 16.7 Å². The fourth-order valence-electron chi connectivity index (χ4n) is 3.35. The molecule has 5 heteroatoms. The molecule has 5 nitrogen and oxygen atoms in total. The van der Waals surface area contributed by atoms with E-state index in [0.29, 0.717) is 5.52 Å². The quantitative estimate of drug-likeness (QED) is 0.592. The molecule has 0 saturated heterocycles. The molecule has 1 atom stereocenters. The highest BCUT2D eigenvalue weighted by Gasteiger charge is 2.25. The molecule has 4 aromatic rings. The molecule has 3 aromatic heterocycles. The third-order valence-electron chi connectivity index (χ3n) is 4.70. The molecule has 1 N–H and O–H groups in total. The summed E-state index contributed by atoms with van der Waals surface area (Å²) in [4.78, 5) is 15.3. The van der Waals surface area contributed by atoms with E-state index < -0.39 is 0 Å². The Hall–Kier alpha value is -3.47. The van der Waals surface area contributed by atoms with Crippen LogP contribution in [0.25, 0.3) is 10.9 Å². The summed E-state index contributed by atoms with van der Waals surface area (Å²) in [5, 5.41) is 12.0. The summed E-state index contributed by atoms with van der Waals surface area (Å²) >= 11 is 0. The molecule has 0 spiro atoms. The molecule has 0 aliphatic heterocycles. The number of phenolic OH excluding ortho intramolecular Hbond substituents is 1. The van der Waals surface area contributed by atoms with Gasteiger partial charge in [-0.1, -0.05) is 30.3 Å². The smallest absolute Gasteiger partial charge is 0.147 e. The van der Waals surface area contributed by atoms with E-state index in [0.717, 1.165) is 28.0 Å². The maximum absolute atomic E-state index is 11.1. The Balaban J connectivity index is 1.91. The number of fused-ring (bicyclic) bond motifs is 1. The third kappa shape index (κ3) is 3.19. The average Bonchev–Trinajstić information content (AvgIpc) is 2.71. The van der Waals surface area contributed by atoms with Gasteiger partial charge in [-0.2, -0.15) is 0 Å². The Morgan fingerprint density at radius 2 is 1.81 bits per heavy atom. The lowest BCUT2D eigenvalue weighted by Gasteiger charge is -2.30. The zero-order valence-corrected chi connectivity index (χ0v) is 15.2. The van der Waals surface area contributed by atoms with Crippen LogP contribution in [-0.4, -0.2) is 27.1 Å². The van der Waals surface area contributed by atoms with E-state index in [1.54, 1.807) is 12.4 Å².